The molecule has 1 atom stereocenters. The highest BCUT2D eigenvalue weighted by Gasteiger charge is 2.31. The molecule has 1 unspecified atom stereocenters. The number of carbonyl (C=O) groups excluding carboxylic acids is 3. The van der Waals surface area contributed by atoms with Gasteiger partial charge in [-0.3, -0.25) is 14.9 Å². The van der Waals surface area contributed by atoms with Crippen LogP contribution in [0.4, 0.5) is 10.5 Å². The van der Waals surface area contributed by atoms with E-state index in [1.807, 2.05) is 0 Å². The van der Waals surface area contributed by atoms with Crippen LogP contribution in [0.1, 0.15) is 6.42 Å². The van der Waals surface area contributed by atoms with Crippen LogP contribution in [-0.4, -0.2) is 23.9 Å². The zero-order valence-electron chi connectivity index (χ0n) is 9.20. The first kappa shape index (κ1) is 12.4. The summed E-state index contributed by atoms with van der Waals surface area (Å²) in [4.78, 5) is 33.8. The van der Waals surface area contributed by atoms with Crippen LogP contribution in [-0.2, 0) is 9.59 Å². The Morgan fingerprint density at radius 1 is 1.33 bits per heavy atom. The van der Waals surface area contributed by atoms with Crippen LogP contribution in [0.2, 0.25) is 5.02 Å². The Hall–Kier alpha value is -2.08. The van der Waals surface area contributed by atoms with E-state index in [9.17, 15) is 14.4 Å². The summed E-state index contributed by atoms with van der Waals surface area (Å²) in [6, 6.07) is 5.33. The molecule has 0 saturated carbocycles. The van der Waals surface area contributed by atoms with Crippen LogP contribution >= 0.6 is 11.6 Å². The summed E-state index contributed by atoms with van der Waals surface area (Å²) < 4.78 is 0. The van der Waals surface area contributed by atoms with Gasteiger partial charge in [-0.1, -0.05) is 23.7 Å². The third-order valence-corrected chi connectivity index (χ3v) is 2.73. The molecule has 1 aliphatic heterocycles. The van der Waals surface area contributed by atoms with Crippen molar-refractivity contribution >= 4 is 35.1 Å². The number of rotatable bonds is 3. The number of anilines is 1. The fraction of sp³-hybridized carbons (Fsp3) is 0.182. The van der Waals surface area contributed by atoms with Gasteiger partial charge in [-0.15, -0.1) is 0 Å². The largest absolute Gasteiger partial charge is 0.325 e. The first-order valence-electron chi connectivity index (χ1n) is 5.22. The molecule has 94 valence electrons. The first-order valence-corrected chi connectivity index (χ1v) is 5.60. The quantitative estimate of drug-likeness (QED) is 0.711. The molecule has 0 aliphatic carbocycles. The Labute approximate surface area is 108 Å². The van der Waals surface area contributed by atoms with Gasteiger partial charge in [0.2, 0.25) is 5.91 Å². The number of urea groups is 1. The first-order chi connectivity index (χ1) is 8.56. The Balaban J connectivity index is 1.95. The van der Waals surface area contributed by atoms with Crippen LogP contribution in [0.25, 0.3) is 0 Å². The molecule has 1 saturated heterocycles. The van der Waals surface area contributed by atoms with Crippen molar-refractivity contribution in [1.29, 1.82) is 0 Å². The van der Waals surface area contributed by atoms with Crippen LogP contribution < -0.4 is 16.0 Å². The average molecular weight is 268 g/mol. The molecule has 4 amide bonds. The lowest BCUT2D eigenvalue weighted by Crippen LogP contribution is -2.33. The predicted octanol–water partition coefficient (Wildman–Crippen LogP) is 0.877. The topological polar surface area (TPSA) is 87.3 Å². The van der Waals surface area contributed by atoms with E-state index in [0.717, 1.165) is 0 Å². The zero-order chi connectivity index (χ0) is 13.1. The zero-order valence-corrected chi connectivity index (χ0v) is 9.95. The van der Waals surface area contributed by atoms with E-state index in [4.69, 9.17) is 11.6 Å². The van der Waals surface area contributed by atoms with E-state index in [1.165, 1.54) is 0 Å². The summed E-state index contributed by atoms with van der Waals surface area (Å²) in [7, 11) is 0. The molecule has 7 heteroatoms. The lowest BCUT2D eigenvalue weighted by atomic mass is 10.2. The monoisotopic (exact) mass is 267 g/mol. The molecule has 0 spiro atoms. The molecule has 18 heavy (non-hydrogen) atoms. The molecule has 2 rings (SSSR count). The third kappa shape index (κ3) is 2.78. The minimum atomic E-state index is -0.833. The third-order valence-electron chi connectivity index (χ3n) is 2.40. The highest BCUT2D eigenvalue weighted by molar-refractivity contribution is 6.33. The SMILES string of the molecule is O=C(CC1NC(=O)NC1=O)Nc1ccccc1Cl. The molecule has 1 heterocycles. The molecule has 1 fully saturated rings. The van der Waals surface area contributed by atoms with Crippen LogP contribution in [0.5, 0.6) is 0 Å². The summed E-state index contributed by atoms with van der Waals surface area (Å²) in [5.41, 5.74) is 0.467. The molecular formula is C11H10ClN3O3. The predicted molar refractivity (Wildman–Crippen MR) is 65.2 cm³/mol. The van der Waals surface area contributed by atoms with Gasteiger partial charge in [0.05, 0.1) is 17.1 Å². The van der Waals surface area contributed by atoms with Gasteiger partial charge in [0.25, 0.3) is 5.91 Å². The van der Waals surface area contributed by atoms with Gasteiger partial charge in [0.15, 0.2) is 0 Å². The molecule has 1 aromatic rings. The van der Waals surface area contributed by atoms with Crippen molar-refractivity contribution in [3.05, 3.63) is 29.3 Å². The summed E-state index contributed by atoms with van der Waals surface area (Å²) in [5.74, 6) is -0.903. The summed E-state index contributed by atoms with van der Waals surface area (Å²) in [6.45, 7) is 0. The van der Waals surface area contributed by atoms with Crippen molar-refractivity contribution < 1.29 is 14.4 Å². The maximum absolute atomic E-state index is 11.7. The second kappa shape index (κ2) is 5.05. The van der Waals surface area contributed by atoms with Crippen LogP contribution in [0, 0.1) is 0 Å². The van der Waals surface area contributed by atoms with E-state index in [2.05, 4.69) is 16.0 Å². The van der Waals surface area contributed by atoms with Crippen LogP contribution in [0.15, 0.2) is 24.3 Å². The van der Waals surface area contributed by atoms with Gasteiger partial charge in [-0.05, 0) is 12.1 Å². The van der Waals surface area contributed by atoms with Crippen molar-refractivity contribution in [2.24, 2.45) is 0 Å². The Bertz CT molecular complexity index is 518. The summed E-state index contributed by atoms with van der Waals surface area (Å²) in [6.07, 6.45) is -0.136. The number of para-hydroxylation sites is 1. The van der Waals surface area contributed by atoms with E-state index in [0.29, 0.717) is 10.7 Å². The van der Waals surface area contributed by atoms with Crippen molar-refractivity contribution in [3.63, 3.8) is 0 Å². The normalized spacial score (nSPS) is 18.2. The van der Waals surface area contributed by atoms with Gasteiger partial charge >= 0.3 is 6.03 Å². The Kier molecular flexibility index (Phi) is 3.47. The summed E-state index contributed by atoms with van der Waals surface area (Å²) >= 11 is 5.87. The number of carbonyl (C=O) groups is 3. The van der Waals surface area contributed by atoms with E-state index in [-0.39, 0.29) is 6.42 Å². The standard InChI is InChI=1S/C11H10ClN3O3/c12-6-3-1-2-4-7(6)13-9(16)5-8-10(17)15-11(18)14-8/h1-4,8H,5H2,(H,13,16)(H2,14,15,17,18). The molecule has 3 N–H and O–H groups in total. The number of hydrogen-bond donors (Lipinski definition) is 3. The van der Waals surface area contributed by atoms with Gasteiger partial charge in [0.1, 0.15) is 6.04 Å². The second-order valence-electron chi connectivity index (χ2n) is 3.75. The van der Waals surface area contributed by atoms with Crippen molar-refractivity contribution in [2.75, 3.05) is 5.32 Å². The van der Waals surface area contributed by atoms with E-state index >= 15 is 0 Å². The smallest absolute Gasteiger partial charge is 0.322 e. The van der Waals surface area contributed by atoms with Gasteiger partial charge in [0, 0.05) is 0 Å². The number of hydrogen-bond acceptors (Lipinski definition) is 3. The highest BCUT2D eigenvalue weighted by Crippen LogP contribution is 2.20. The highest BCUT2D eigenvalue weighted by atomic mass is 35.5. The maximum atomic E-state index is 11.7. The van der Waals surface area contributed by atoms with Crippen molar-refractivity contribution in [2.45, 2.75) is 12.5 Å². The number of amides is 4. The average Bonchev–Trinajstić information content (AvgIpc) is 2.61. The number of nitrogens with one attached hydrogen (secondary N) is 3. The lowest BCUT2D eigenvalue weighted by molar-refractivity contribution is -0.124. The Morgan fingerprint density at radius 2 is 2.06 bits per heavy atom. The molecule has 0 aromatic heterocycles. The fourth-order valence-electron chi connectivity index (χ4n) is 1.55. The lowest BCUT2D eigenvalue weighted by Gasteiger charge is -2.09. The maximum Gasteiger partial charge on any atom is 0.322 e. The molecular weight excluding hydrogens is 258 g/mol. The second-order valence-corrected chi connectivity index (χ2v) is 4.15. The van der Waals surface area contributed by atoms with Crippen molar-refractivity contribution in [1.82, 2.24) is 10.6 Å². The molecule has 1 aromatic carbocycles. The van der Waals surface area contributed by atoms with Gasteiger partial charge in [-0.2, -0.15) is 0 Å². The fourth-order valence-corrected chi connectivity index (χ4v) is 1.73. The number of benzene rings is 1. The number of halogens is 1. The summed E-state index contributed by atoms with van der Waals surface area (Å²) in [5, 5.41) is 7.37. The number of imide groups is 1. The van der Waals surface area contributed by atoms with Gasteiger partial charge < -0.3 is 10.6 Å². The minimum absolute atomic E-state index is 0.136. The molecule has 6 nitrogen and oxygen atoms in total. The molecule has 0 bridgehead atoms. The Morgan fingerprint density at radius 3 is 2.67 bits per heavy atom. The van der Waals surface area contributed by atoms with E-state index in [1.54, 1.807) is 24.3 Å². The van der Waals surface area contributed by atoms with Crippen LogP contribution in [0.3, 0.4) is 0 Å². The molecule has 1 aliphatic rings. The minimum Gasteiger partial charge on any atom is -0.325 e. The van der Waals surface area contributed by atoms with Gasteiger partial charge in [-0.25, -0.2) is 4.79 Å². The van der Waals surface area contributed by atoms with E-state index < -0.39 is 23.9 Å². The molecule has 0 radical (unpaired) electrons. The van der Waals surface area contributed by atoms with Crippen molar-refractivity contribution in [3.8, 4) is 0 Å².